The van der Waals surface area contributed by atoms with Gasteiger partial charge in [0.1, 0.15) is 0 Å². The molecule has 2 aromatic rings. The Morgan fingerprint density at radius 3 is 2.54 bits per heavy atom. The molecule has 1 heterocycles. The molecular formula is C21H20BrNO. The van der Waals surface area contributed by atoms with Gasteiger partial charge in [-0.25, -0.2) is 0 Å². The first-order valence-electron chi connectivity index (χ1n) is 8.60. The first-order valence-corrected chi connectivity index (χ1v) is 9.40. The third kappa shape index (κ3) is 2.82. The molecule has 24 heavy (non-hydrogen) atoms. The molecule has 0 amide bonds. The summed E-state index contributed by atoms with van der Waals surface area (Å²) in [5, 5.41) is 0. The number of nitrogens with zero attached hydrogens (tertiary/aromatic N) is 1. The second-order valence-corrected chi connectivity index (χ2v) is 7.43. The van der Waals surface area contributed by atoms with Gasteiger partial charge in [0.2, 0.25) is 0 Å². The molecular weight excluding hydrogens is 362 g/mol. The molecule has 0 aromatic heterocycles. The van der Waals surface area contributed by atoms with Crippen molar-refractivity contribution in [3.8, 4) is 0 Å². The van der Waals surface area contributed by atoms with Crippen LogP contribution in [0.3, 0.4) is 0 Å². The van der Waals surface area contributed by atoms with Crippen LogP contribution in [0, 0.1) is 0 Å². The third-order valence-corrected chi connectivity index (χ3v) is 5.50. The summed E-state index contributed by atoms with van der Waals surface area (Å²) < 4.78 is 0.945. The van der Waals surface area contributed by atoms with Gasteiger partial charge >= 0.3 is 0 Å². The number of ketones is 1. The van der Waals surface area contributed by atoms with Crippen molar-refractivity contribution < 1.29 is 4.79 Å². The van der Waals surface area contributed by atoms with Crippen LogP contribution in [0.5, 0.6) is 0 Å². The van der Waals surface area contributed by atoms with E-state index in [4.69, 9.17) is 0 Å². The third-order valence-electron chi connectivity index (χ3n) is 5.01. The molecule has 4 rings (SSSR count). The summed E-state index contributed by atoms with van der Waals surface area (Å²) in [5.41, 5.74) is 5.33. The number of carbonyl (C=O) groups is 1. The van der Waals surface area contributed by atoms with Gasteiger partial charge in [0.25, 0.3) is 0 Å². The summed E-state index contributed by atoms with van der Waals surface area (Å²) >= 11 is 3.49. The minimum Gasteiger partial charge on any atom is -0.374 e. The fraction of sp³-hybridized carbons (Fsp3) is 0.286. The molecule has 0 atom stereocenters. The van der Waals surface area contributed by atoms with Gasteiger partial charge in [0.15, 0.2) is 5.78 Å². The molecule has 0 N–H and O–H groups in total. The normalized spacial score (nSPS) is 17.1. The molecule has 2 nitrogen and oxygen atoms in total. The van der Waals surface area contributed by atoms with Crippen molar-refractivity contribution >= 4 is 27.3 Å². The minimum atomic E-state index is 0.144. The fourth-order valence-corrected chi connectivity index (χ4v) is 4.25. The molecule has 1 saturated heterocycles. The molecule has 1 aliphatic heterocycles. The number of likely N-dealkylation sites (tertiary alicyclic amines) is 1. The van der Waals surface area contributed by atoms with Crippen LogP contribution in [0.25, 0.3) is 5.57 Å². The average molecular weight is 382 g/mol. The Morgan fingerprint density at radius 2 is 1.75 bits per heavy atom. The van der Waals surface area contributed by atoms with Crippen LogP contribution in [-0.2, 0) is 6.42 Å². The van der Waals surface area contributed by atoms with Crippen LogP contribution in [-0.4, -0.2) is 23.8 Å². The lowest BCUT2D eigenvalue weighted by Gasteiger charge is -2.30. The Labute approximate surface area is 151 Å². The highest BCUT2D eigenvalue weighted by atomic mass is 79.9. The summed E-state index contributed by atoms with van der Waals surface area (Å²) in [6.45, 7) is 2.15. The van der Waals surface area contributed by atoms with E-state index in [1.165, 1.54) is 24.1 Å². The molecule has 0 saturated carbocycles. The zero-order valence-corrected chi connectivity index (χ0v) is 15.2. The number of fused-ring (bicyclic) bond motifs is 1. The molecule has 2 aromatic carbocycles. The maximum atomic E-state index is 13.4. The molecule has 1 fully saturated rings. The number of aryl methyl sites for hydroxylation is 1. The van der Waals surface area contributed by atoms with Crippen LogP contribution in [0.1, 0.15) is 40.7 Å². The van der Waals surface area contributed by atoms with Crippen LogP contribution in [0.4, 0.5) is 0 Å². The lowest BCUT2D eigenvalue weighted by atomic mass is 9.84. The second-order valence-electron chi connectivity index (χ2n) is 6.51. The smallest absolute Gasteiger partial charge is 0.195 e. The van der Waals surface area contributed by atoms with E-state index in [2.05, 4.69) is 39.0 Å². The molecule has 3 heteroatoms. The van der Waals surface area contributed by atoms with Crippen molar-refractivity contribution in [2.75, 3.05) is 13.1 Å². The first kappa shape index (κ1) is 15.6. The van der Waals surface area contributed by atoms with Crippen molar-refractivity contribution in [3.63, 3.8) is 0 Å². The molecule has 0 unspecified atom stereocenters. The number of hydrogen-bond acceptors (Lipinski definition) is 2. The maximum Gasteiger partial charge on any atom is 0.195 e. The van der Waals surface area contributed by atoms with Crippen molar-refractivity contribution in [2.45, 2.75) is 25.7 Å². The quantitative estimate of drug-likeness (QED) is 0.690. The fourth-order valence-electron chi connectivity index (χ4n) is 3.85. The first-order chi connectivity index (χ1) is 11.7. The van der Waals surface area contributed by atoms with Gasteiger partial charge in [0.05, 0.1) is 0 Å². The Morgan fingerprint density at radius 1 is 0.958 bits per heavy atom. The SMILES string of the molecule is O=C(C1=C(N2CCCC2)CCc2ccccc21)c1cccc(Br)c1. The zero-order chi connectivity index (χ0) is 16.5. The molecule has 0 bridgehead atoms. The highest BCUT2D eigenvalue weighted by Crippen LogP contribution is 2.36. The van der Waals surface area contributed by atoms with Gasteiger partial charge in [-0.15, -0.1) is 0 Å². The Hall–Kier alpha value is -1.87. The predicted octanol–water partition coefficient (Wildman–Crippen LogP) is 5.09. The van der Waals surface area contributed by atoms with Crippen molar-refractivity contribution in [1.29, 1.82) is 0 Å². The van der Waals surface area contributed by atoms with E-state index < -0.39 is 0 Å². The average Bonchev–Trinajstić information content (AvgIpc) is 3.14. The number of halogens is 1. The summed E-state index contributed by atoms with van der Waals surface area (Å²) in [5.74, 6) is 0.144. The second kappa shape index (κ2) is 6.56. The van der Waals surface area contributed by atoms with Crippen LogP contribution >= 0.6 is 15.9 Å². The zero-order valence-electron chi connectivity index (χ0n) is 13.6. The van der Waals surface area contributed by atoms with Gasteiger partial charge < -0.3 is 4.90 Å². The van der Waals surface area contributed by atoms with Crippen LogP contribution < -0.4 is 0 Å². The largest absolute Gasteiger partial charge is 0.374 e. The summed E-state index contributed by atoms with van der Waals surface area (Å²) in [4.78, 5) is 15.8. The summed E-state index contributed by atoms with van der Waals surface area (Å²) in [6.07, 6.45) is 4.44. The monoisotopic (exact) mass is 381 g/mol. The number of benzene rings is 2. The van der Waals surface area contributed by atoms with E-state index in [9.17, 15) is 4.79 Å². The number of hydrogen-bond donors (Lipinski definition) is 0. The molecule has 2 aliphatic rings. The highest BCUT2D eigenvalue weighted by Gasteiger charge is 2.29. The van der Waals surface area contributed by atoms with Gasteiger partial charge in [-0.2, -0.15) is 0 Å². The van der Waals surface area contributed by atoms with Crippen LogP contribution in [0.2, 0.25) is 0 Å². The summed E-state index contributed by atoms with van der Waals surface area (Å²) in [6, 6.07) is 16.1. The minimum absolute atomic E-state index is 0.144. The molecule has 1 aliphatic carbocycles. The molecule has 122 valence electrons. The topological polar surface area (TPSA) is 20.3 Å². The van der Waals surface area contributed by atoms with Gasteiger partial charge in [0, 0.05) is 34.4 Å². The number of allylic oxidation sites excluding steroid dienone is 2. The molecule has 0 radical (unpaired) electrons. The Balaban J connectivity index is 1.86. The predicted molar refractivity (Wildman–Crippen MR) is 101 cm³/mol. The van der Waals surface area contributed by atoms with E-state index in [0.29, 0.717) is 0 Å². The lowest BCUT2D eigenvalue weighted by molar-refractivity contribution is 0.105. The number of carbonyl (C=O) groups excluding carboxylic acids is 1. The van der Waals surface area contributed by atoms with E-state index in [0.717, 1.165) is 47.1 Å². The van der Waals surface area contributed by atoms with Gasteiger partial charge in [-0.05, 0) is 48.9 Å². The maximum absolute atomic E-state index is 13.4. The lowest BCUT2D eigenvalue weighted by Crippen LogP contribution is -2.25. The molecule has 0 spiro atoms. The van der Waals surface area contributed by atoms with Crippen LogP contribution in [0.15, 0.2) is 58.7 Å². The van der Waals surface area contributed by atoms with Crippen molar-refractivity contribution in [2.24, 2.45) is 0 Å². The van der Waals surface area contributed by atoms with Gasteiger partial charge in [-0.1, -0.05) is 52.3 Å². The number of Topliss-reactive ketones (excluding diaryl/α,β-unsaturated/α-hetero) is 1. The van der Waals surface area contributed by atoms with E-state index in [1.54, 1.807) is 0 Å². The Kier molecular flexibility index (Phi) is 4.28. The summed E-state index contributed by atoms with van der Waals surface area (Å²) in [7, 11) is 0. The standard InChI is InChI=1S/C21H20BrNO/c22-17-8-5-7-16(14-17)21(24)20-18-9-2-1-6-15(18)10-11-19(20)23-12-3-4-13-23/h1-2,5-9,14H,3-4,10-13H2. The van der Waals surface area contributed by atoms with Crippen molar-refractivity contribution in [3.05, 3.63) is 75.4 Å². The van der Waals surface area contributed by atoms with Gasteiger partial charge in [-0.3, -0.25) is 4.79 Å². The van der Waals surface area contributed by atoms with E-state index >= 15 is 0 Å². The Bertz CT molecular complexity index is 818. The van der Waals surface area contributed by atoms with E-state index in [1.807, 2.05) is 30.3 Å². The number of rotatable bonds is 3. The van der Waals surface area contributed by atoms with Crippen molar-refractivity contribution in [1.82, 2.24) is 4.90 Å². The van der Waals surface area contributed by atoms with E-state index in [-0.39, 0.29) is 5.78 Å². The highest BCUT2D eigenvalue weighted by molar-refractivity contribution is 9.10.